The van der Waals surface area contributed by atoms with Gasteiger partial charge in [-0.3, -0.25) is 4.79 Å². The van der Waals surface area contributed by atoms with E-state index >= 15 is 0 Å². The molecule has 0 radical (unpaired) electrons. The summed E-state index contributed by atoms with van der Waals surface area (Å²) < 4.78 is 40.9. The number of alkyl halides is 3. The Labute approximate surface area is 168 Å². The first kappa shape index (κ1) is 24.3. The van der Waals surface area contributed by atoms with E-state index in [4.69, 9.17) is 0 Å². The number of nitrogens with zero attached hydrogens (tertiary/aromatic N) is 1. The SMILES string of the molecule is CCNC(=NCc1ccc(OCC(F)(F)F)cc1)NCCNC(C)=O.I. The zero-order valence-electron chi connectivity index (χ0n) is 14.7. The van der Waals surface area contributed by atoms with Crippen molar-refractivity contribution < 1.29 is 22.7 Å². The molecule has 0 spiro atoms. The molecule has 26 heavy (non-hydrogen) atoms. The Morgan fingerprint density at radius 2 is 1.73 bits per heavy atom. The maximum absolute atomic E-state index is 12.1. The quantitative estimate of drug-likeness (QED) is 0.228. The fourth-order valence-corrected chi connectivity index (χ4v) is 1.79. The Hall–Kier alpha value is -1.72. The number of benzene rings is 1. The van der Waals surface area contributed by atoms with Crippen LogP contribution in [0.2, 0.25) is 0 Å². The fourth-order valence-electron chi connectivity index (χ4n) is 1.79. The molecule has 0 heterocycles. The van der Waals surface area contributed by atoms with Gasteiger partial charge in [-0.1, -0.05) is 12.1 Å². The molecule has 3 N–H and O–H groups in total. The third-order valence-corrected chi connectivity index (χ3v) is 2.88. The number of carbonyl (C=O) groups is 1. The van der Waals surface area contributed by atoms with E-state index in [0.717, 1.165) is 5.56 Å². The number of hydrogen-bond donors (Lipinski definition) is 3. The summed E-state index contributed by atoms with van der Waals surface area (Å²) in [5.41, 5.74) is 0.832. The minimum Gasteiger partial charge on any atom is -0.484 e. The van der Waals surface area contributed by atoms with Crippen LogP contribution in [-0.2, 0) is 11.3 Å². The molecule has 0 aromatic heterocycles. The summed E-state index contributed by atoms with van der Waals surface area (Å²) in [5.74, 6) is 0.646. The summed E-state index contributed by atoms with van der Waals surface area (Å²) >= 11 is 0. The Morgan fingerprint density at radius 1 is 1.12 bits per heavy atom. The molecule has 10 heteroatoms. The summed E-state index contributed by atoms with van der Waals surface area (Å²) in [6, 6.07) is 6.29. The van der Waals surface area contributed by atoms with Crippen LogP contribution in [0.1, 0.15) is 19.4 Å². The summed E-state index contributed by atoms with van der Waals surface area (Å²) in [5, 5.41) is 8.80. The van der Waals surface area contributed by atoms with Crippen LogP contribution < -0.4 is 20.7 Å². The Balaban J connectivity index is 0.00000625. The summed E-state index contributed by atoms with van der Waals surface area (Å²) in [6.45, 7) is 4.10. The van der Waals surface area contributed by atoms with E-state index < -0.39 is 12.8 Å². The van der Waals surface area contributed by atoms with Gasteiger partial charge < -0.3 is 20.7 Å². The molecular weight excluding hydrogens is 464 g/mol. The second-order valence-corrected chi connectivity index (χ2v) is 5.15. The molecule has 148 valence electrons. The zero-order valence-corrected chi connectivity index (χ0v) is 17.0. The minimum atomic E-state index is -4.35. The molecule has 0 aliphatic carbocycles. The number of rotatable bonds is 8. The lowest BCUT2D eigenvalue weighted by atomic mass is 10.2. The summed E-state index contributed by atoms with van der Waals surface area (Å²) in [4.78, 5) is 15.2. The number of amides is 1. The first-order valence-corrected chi connectivity index (χ1v) is 7.85. The van der Waals surface area contributed by atoms with Gasteiger partial charge in [-0.2, -0.15) is 13.2 Å². The molecule has 0 aliphatic rings. The third kappa shape index (κ3) is 11.8. The number of ether oxygens (including phenoxy) is 1. The summed E-state index contributed by atoms with van der Waals surface area (Å²) in [7, 11) is 0. The van der Waals surface area contributed by atoms with Crippen molar-refractivity contribution in [3.8, 4) is 5.75 Å². The highest BCUT2D eigenvalue weighted by Gasteiger charge is 2.28. The molecule has 0 unspecified atom stereocenters. The second kappa shape index (κ2) is 12.6. The van der Waals surface area contributed by atoms with Crippen LogP contribution in [-0.4, -0.2) is 44.3 Å². The standard InChI is InChI=1S/C16H23F3N4O2.HI/c1-3-20-15(22-9-8-21-12(2)24)23-10-13-4-6-14(7-5-13)25-11-16(17,18)19;/h4-7H,3,8-11H2,1-2H3,(H,21,24)(H2,20,22,23);1H. The molecule has 0 fully saturated rings. The molecule has 1 aromatic rings. The highest BCUT2D eigenvalue weighted by atomic mass is 127. The first-order chi connectivity index (χ1) is 11.8. The largest absolute Gasteiger partial charge is 0.484 e. The van der Waals surface area contributed by atoms with E-state index in [1.807, 2.05) is 6.92 Å². The van der Waals surface area contributed by atoms with E-state index in [-0.39, 0.29) is 35.6 Å². The van der Waals surface area contributed by atoms with Gasteiger partial charge in [0, 0.05) is 26.6 Å². The number of guanidine groups is 1. The molecule has 0 saturated heterocycles. The number of aliphatic imine (C=N–C) groups is 1. The maximum atomic E-state index is 12.1. The van der Waals surface area contributed by atoms with Gasteiger partial charge in [0.1, 0.15) is 5.75 Å². The molecule has 0 atom stereocenters. The summed E-state index contributed by atoms with van der Waals surface area (Å²) in [6.07, 6.45) is -4.35. The first-order valence-electron chi connectivity index (χ1n) is 7.85. The molecule has 0 saturated carbocycles. The lowest BCUT2D eigenvalue weighted by Crippen LogP contribution is -2.41. The molecule has 0 bridgehead atoms. The normalized spacial score (nSPS) is 11.3. The number of nitrogens with one attached hydrogen (secondary N) is 3. The number of halogens is 4. The smallest absolute Gasteiger partial charge is 0.422 e. The lowest BCUT2D eigenvalue weighted by molar-refractivity contribution is -0.153. The van der Waals surface area contributed by atoms with Crippen molar-refractivity contribution in [1.29, 1.82) is 0 Å². The van der Waals surface area contributed by atoms with E-state index in [2.05, 4.69) is 25.7 Å². The van der Waals surface area contributed by atoms with Gasteiger partial charge in [-0.15, -0.1) is 24.0 Å². The predicted molar refractivity (Wildman–Crippen MR) is 105 cm³/mol. The predicted octanol–water partition coefficient (Wildman–Crippen LogP) is 2.44. The van der Waals surface area contributed by atoms with Crippen molar-refractivity contribution in [3.63, 3.8) is 0 Å². The van der Waals surface area contributed by atoms with E-state index in [0.29, 0.717) is 32.1 Å². The van der Waals surface area contributed by atoms with Crippen LogP contribution in [0.15, 0.2) is 29.3 Å². The van der Waals surface area contributed by atoms with E-state index in [1.165, 1.54) is 19.1 Å². The van der Waals surface area contributed by atoms with Crippen LogP contribution in [0.5, 0.6) is 5.75 Å². The van der Waals surface area contributed by atoms with Gasteiger partial charge in [-0.25, -0.2) is 4.99 Å². The van der Waals surface area contributed by atoms with Gasteiger partial charge in [0.05, 0.1) is 6.54 Å². The number of hydrogen-bond acceptors (Lipinski definition) is 3. The third-order valence-electron chi connectivity index (χ3n) is 2.88. The Morgan fingerprint density at radius 3 is 2.27 bits per heavy atom. The van der Waals surface area contributed by atoms with Crippen molar-refractivity contribution in [2.75, 3.05) is 26.2 Å². The zero-order chi connectivity index (χ0) is 18.7. The Bertz CT molecular complexity index is 566. The van der Waals surface area contributed by atoms with Gasteiger partial charge in [-0.05, 0) is 24.6 Å². The van der Waals surface area contributed by atoms with Crippen molar-refractivity contribution in [2.45, 2.75) is 26.6 Å². The molecule has 6 nitrogen and oxygen atoms in total. The van der Waals surface area contributed by atoms with Crippen LogP contribution in [0.3, 0.4) is 0 Å². The average molecular weight is 488 g/mol. The van der Waals surface area contributed by atoms with Gasteiger partial charge in [0.2, 0.25) is 5.91 Å². The molecular formula is C16H24F3IN4O2. The molecule has 1 amide bonds. The Kier molecular flexibility index (Phi) is 11.8. The van der Waals surface area contributed by atoms with Crippen LogP contribution >= 0.6 is 24.0 Å². The monoisotopic (exact) mass is 488 g/mol. The van der Waals surface area contributed by atoms with Crippen LogP contribution in [0, 0.1) is 0 Å². The number of carbonyl (C=O) groups excluding carboxylic acids is 1. The van der Waals surface area contributed by atoms with E-state index in [9.17, 15) is 18.0 Å². The lowest BCUT2D eigenvalue weighted by Gasteiger charge is -2.12. The molecule has 1 aromatic carbocycles. The molecule has 1 rings (SSSR count). The highest BCUT2D eigenvalue weighted by molar-refractivity contribution is 14.0. The minimum absolute atomic E-state index is 0. The highest BCUT2D eigenvalue weighted by Crippen LogP contribution is 2.19. The van der Waals surface area contributed by atoms with E-state index in [1.54, 1.807) is 12.1 Å². The van der Waals surface area contributed by atoms with Crippen molar-refractivity contribution in [3.05, 3.63) is 29.8 Å². The topological polar surface area (TPSA) is 74.8 Å². The van der Waals surface area contributed by atoms with Crippen molar-refractivity contribution >= 4 is 35.8 Å². The second-order valence-electron chi connectivity index (χ2n) is 5.15. The van der Waals surface area contributed by atoms with Gasteiger partial charge in [0.15, 0.2) is 12.6 Å². The molecule has 0 aliphatic heterocycles. The van der Waals surface area contributed by atoms with Gasteiger partial charge >= 0.3 is 6.18 Å². The van der Waals surface area contributed by atoms with Crippen LogP contribution in [0.4, 0.5) is 13.2 Å². The fraction of sp³-hybridized carbons (Fsp3) is 0.500. The van der Waals surface area contributed by atoms with Crippen molar-refractivity contribution in [2.24, 2.45) is 4.99 Å². The maximum Gasteiger partial charge on any atom is 0.422 e. The van der Waals surface area contributed by atoms with Crippen LogP contribution in [0.25, 0.3) is 0 Å². The van der Waals surface area contributed by atoms with Gasteiger partial charge in [0.25, 0.3) is 0 Å². The average Bonchev–Trinajstić information content (AvgIpc) is 2.54. The van der Waals surface area contributed by atoms with Crippen molar-refractivity contribution in [1.82, 2.24) is 16.0 Å².